The Balaban J connectivity index is 2.13. The molecule has 2 rings (SSSR count). The van der Waals surface area contributed by atoms with E-state index in [2.05, 4.69) is 19.2 Å². The summed E-state index contributed by atoms with van der Waals surface area (Å²) >= 11 is 0. The van der Waals surface area contributed by atoms with Crippen molar-refractivity contribution in [2.75, 3.05) is 25.5 Å². The van der Waals surface area contributed by atoms with Crippen LogP contribution in [0.3, 0.4) is 0 Å². The van der Waals surface area contributed by atoms with Crippen LogP contribution in [-0.4, -0.2) is 30.9 Å². The van der Waals surface area contributed by atoms with Crippen LogP contribution in [0.2, 0.25) is 0 Å². The highest BCUT2D eigenvalue weighted by atomic mass is 16.2. The van der Waals surface area contributed by atoms with Gasteiger partial charge in [0.15, 0.2) is 0 Å². The van der Waals surface area contributed by atoms with E-state index in [1.165, 1.54) is 12.0 Å². The Labute approximate surface area is 122 Å². The summed E-state index contributed by atoms with van der Waals surface area (Å²) in [7, 11) is 1.87. The first-order valence-electron chi connectivity index (χ1n) is 7.57. The highest BCUT2D eigenvalue weighted by Gasteiger charge is 2.31. The van der Waals surface area contributed by atoms with Crippen molar-refractivity contribution in [1.29, 1.82) is 0 Å². The molecule has 1 aromatic rings. The molecule has 1 heterocycles. The van der Waals surface area contributed by atoms with Crippen molar-refractivity contribution < 1.29 is 4.79 Å². The molecule has 1 aromatic carbocycles. The van der Waals surface area contributed by atoms with E-state index in [1.807, 2.05) is 37.1 Å². The first-order chi connectivity index (χ1) is 9.49. The maximum absolute atomic E-state index is 12.7. The second-order valence-corrected chi connectivity index (χ2v) is 6.26. The number of rotatable bonds is 3. The first kappa shape index (κ1) is 14.9. The molecule has 3 nitrogen and oxygen atoms in total. The van der Waals surface area contributed by atoms with Gasteiger partial charge in [0.05, 0.1) is 5.56 Å². The van der Waals surface area contributed by atoms with Crippen LogP contribution in [0.5, 0.6) is 0 Å². The van der Waals surface area contributed by atoms with Gasteiger partial charge in [-0.15, -0.1) is 0 Å². The number of amides is 1. The van der Waals surface area contributed by atoms with Gasteiger partial charge in [-0.1, -0.05) is 26.3 Å². The van der Waals surface area contributed by atoms with E-state index in [9.17, 15) is 4.79 Å². The summed E-state index contributed by atoms with van der Waals surface area (Å²) < 4.78 is 0. The van der Waals surface area contributed by atoms with Crippen molar-refractivity contribution in [2.45, 2.75) is 40.0 Å². The molecular formula is C17H26N2O. The molecule has 1 saturated heterocycles. The number of carbonyl (C=O) groups excluding carboxylic acids is 1. The van der Waals surface area contributed by atoms with Crippen molar-refractivity contribution >= 4 is 11.6 Å². The molecule has 0 saturated carbocycles. The number of likely N-dealkylation sites (tertiary alicyclic amines) is 1. The van der Waals surface area contributed by atoms with Crippen molar-refractivity contribution in [3.8, 4) is 0 Å². The van der Waals surface area contributed by atoms with Crippen molar-refractivity contribution in [3.63, 3.8) is 0 Å². The lowest BCUT2D eigenvalue weighted by atomic mass is 9.78. The van der Waals surface area contributed by atoms with E-state index in [1.54, 1.807) is 0 Å². The molecule has 1 aliphatic heterocycles. The van der Waals surface area contributed by atoms with Crippen LogP contribution in [-0.2, 0) is 0 Å². The van der Waals surface area contributed by atoms with Gasteiger partial charge in [0.25, 0.3) is 5.91 Å². The fourth-order valence-corrected chi connectivity index (χ4v) is 2.82. The minimum atomic E-state index is 0.160. The maximum atomic E-state index is 12.7. The van der Waals surface area contributed by atoms with Gasteiger partial charge >= 0.3 is 0 Å². The number of anilines is 1. The topological polar surface area (TPSA) is 32.3 Å². The van der Waals surface area contributed by atoms with Crippen LogP contribution in [0.4, 0.5) is 5.69 Å². The second-order valence-electron chi connectivity index (χ2n) is 6.26. The maximum Gasteiger partial charge on any atom is 0.255 e. The average Bonchev–Trinajstić information content (AvgIpc) is 2.47. The molecule has 1 fully saturated rings. The van der Waals surface area contributed by atoms with E-state index in [0.717, 1.165) is 37.2 Å². The Morgan fingerprint density at radius 1 is 1.35 bits per heavy atom. The van der Waals surface area contributed by atoms with E-state index >= 15 is 0 Å². The highest BCUT2D eigenvalue weighted by molar-refractivity contribution is 5.99. The Kier molecular flexibility index (Phi) is 4.36. The van der Waals surface area contributed by atoms with Crippen LogP contribution in [0.25, 0.3) is 0 Å². The molecule has 1 N–H and O–H groups in total. The molecule has 0 aromatic heterocycles. The van der Waals surface area contributed by atoms with E-state index in [0.29, 0.717) is 5.41 Å². The Bertz CT molecular complexity index is 488. The van der Waals surface area contributed by atoms with Gasteiger partial charge in [0.1, 0.15) is 0 Å². The number of nitrogens with zero attached hydrogens (tertiary/aromatic N) is 1. The molecular weight excluding hydrogens is 248 g/mol. The zero-order valence-electron chi connectivity index (χ0n) is 13.1. The Morgan fingerprint density at radius 3 is 2.55 bits per heavy atom. The summed E-state index contributed by atoms with van der Waals surface area (Å²) in [6.45, 7) is 8.37. The molecule has 0 aliphatic carbocycles. The summed E-state index contributed by atoms with van der Waals surface area (Å²) in [5.41, 5.74) is 3.30. The first-order valence-corrected chi connectivity index (χ1v) is 7.57. The normalized spacial score (nSPS) is 17.9. The van der Waals surface area contributed by atoms with Crippen LogP contribution < -0.4 is 5.32 Å². The second kappa shape index (κ2) is 5.86. The van der Waals surface area contributed by atoms with Crippen LogP contribution >= 0.6 is 0 Å². The summed E-state index contributed by atoms with van der Waals surface area (Å²) in [4.78, 5) is 14.7. The van der Waals surface area contributed by atoms with Crippen LogP contribution in [0.1, 0.15) is 49.0 Å². The Morgan fingerprint density at radius 2 is 2.00 bits per heavy atom. The van der Waals surface area contributed by atoms with Gasteiger partial charge in [0, 0.05) is 25.8 Å². The number of aryl methyl sites for hydroxylation is 1. The largest absolute Gasteiger partial charge is 0.387 e. The number of hydrogen-bond donors (Lipinski definition) is 1. The smallest absolute Gasteiger partial charge is 0.255 e. The lowest BCUT2D eigenvalue weighted by molar-refractivity contribution is 0.0601. The number of hydrogen-bond acceptors (Lipinski definition) is 2. The highest BCUT2D eigenvalue weighted by Crippen LogP contribution is 2.34. The number of piperidine rings is 1. The minimum Gasteiger partial charge on any atom is -0.387 e. The Hall–Kier alpha value is -1.51. The molecule has 0 bridgehead atoms. The summed E-state index contributed by atoms with van der Waals surface area (Å²) in [5.74, 6) is 0.160. The molecule has 110 valence electrons. The van der Waals surface area contributed by atoms with Crippen LogP contribution in [0.15, 0.2) is 18.2 Å². The molecule has 0 spiro atoms. The van der Waals surface area contributed by atoms with Gasteiger partial charge in [-0.05, 0) is 42.9 Å². The monoisotopic (exact) mass is 274 g/mol. The van der Waals surface area contributed by atoms with Crippen molar-refractivity contribution in [3.05, 3.63) is 29.3 Å². The molecule has 20 heavy (non-hydrogen) atoms. The summed E-state index contributed by atoms with van der Waals surface area (Å²) in [6, 6.07) is 5.98. The zero-order valence-corrected chi connectivity index (χ0v) is 13.1. The lowest BCUT2D eigenvalue weighted by Crippen LogP contribution is -2.42. The van der Waals surface area contributed by atoms with Gasteiger partial charge in [-0.2, -0.15) is 0 Å². The van der Waals surface area contributed by atoms with E-state index in [4.69, 9.17) is 0 Å². The molecule has 1 amide bonds. The third-order valence-corrected chi connectivity index (χ3v) is 4.79. The van der Waals surface area contributed by atoms with Crippen molar-refractivity contribution in [1.82, 2.24) is 4.90 Å². The lowest BCUT2D eigenvalue weighted by Gasteiger charge is -2.39. The average molecular weight is 274 g/mol. The van der Waals surface area contributed by atoms with Gasteiger partial charge in [0.2, 0.25) is 0 Å². The van der Waals surface area contributed by atoms with Gasteiger partial charge in [-0.25, -0.2) is 0 Å². The number of nitrogens with one attached hydrogen (secondary N) is 1. The van der Waals surface area contributed by atoms with E-state index < -0.39 is 0 Å². The molecule has 1 aliphatic rings. The predicted octanol–water partition coefficient (Wildman–Crippen LogP) is 3.69. The summed E-state index contributed by atoms with van der Waals surface area (Å²) in [5, 5.41) is 3.14. The number of carbonyl (C=O) groups is 1. The summed E-state index contributed by atoms with van der Waals surface area (Å²) in [6.07, 6.45) is 3.41. The minimum absolute atomic E-state index is 0.160. The molecule has 0 unspecified atom stereocenters. The third kappa shape index (κ3) is 2.97. The quantitative estimate of drug-likeness (QED) is 0.911. The number of benzene rings is 1. The molecule has 3 heteroatoms. The fourth-order valence-electron chi connectivity index (χ4n) is 2.82. The van der Waals surface area contributed by atoms with E-state index in [-0.39, 0.29) is 5.91 Å². The fraction of sp³-hybridized carbons (Fsp3) is 0.588. The molecule has 0 atom stereocenters. The molecule has 0 radical (unpaired) electrons. The van der Waals surface area contributed by atoms with Crippen molar-refractivity contribution in [2.24, 2.45) is 5.41 Å². The van der Waals surface area contributed by atoms with Gasteiger partial charge in [-0.3, -0.25) is 4.79 Å². The third-order valence-electron chi connectivity index (χ3n) is 4.79. The predicted molar refractivity (Wildman–Crippen MR) is 84.3 cm³/mol. The van der Waals surface area contributed by atoms with Crippen LogP contribution in [0, 0.1) is 12.3 Å². The SMILES string of the molecule is CCC1(C)CCN(C(=O)c2ccc(C)cc2NC)CC1. The standard InChI is InChI=1S/C17H26N2O/c1-5-17(3)8-10-19(11-9-17)16(20)14-7-6-13(2)12-15(14)18-4/h6-7,12,18H,5,8-11H2,1-4H3. The van der Waals surface area contributed by atoms with Gasteiger partial charge < -0.3 is 10.2 Å². The zero-order chi connectivity index (χ0) is 14.8.